The Morgan fingerprint density at radius 2 is 1.43 bits per heavy atom. The van der Waals surface area contributed by atoms with E-state index in [0.29, 0.717) is 11.4 Å². The number of hydrogen-bond acceptors (Lipinski definition) is 7. The Hall–Kier alpha value is -4.62. The second-order valence-corrected chi connectivity index (χ2v) is 12.5. The summed E-state index contributed by atoms with van der Waals surface area (Å²) in [5.74, 6) is -0.841. The molecule has 4 aromatic carbocycles. The third-order valence-corrected chi connectivity index (χ3v) is 9.33. The molecule has 0 aliphatic carbocycles. The topological polar surface area (TPSA) is 131 Å². The number of carbonyl (C=O) groups is 1. The summed E-state index contributed by atoms with van der Waals surface area (Å²) in [6.45, 7) is 1.11. The first-order chi connectivity index (χ1) is 19.9. The summed E-state index contributed by atoms with van der Waals surface area (Å²) in [4.78, 5) is 12.8. The highest BCUT2D eigenvalue weighted by molar-refractivity contribution is 7.93. The quantitative estimate of drug-likeness (QED) is 0.249. The molecule has 220 valence electrons. The minimum atomic E-state index is -4.34. The summed E-state index contributed by atoms with van der Waals surface area (Å²) < 4.78 is 80.4. The summed E-state index contributed by atoms with van der Waals surface area (Å²) >= 11 is 0. The molecule has 0 bridgehead atoms. The minimum Gasteiger partial charge on any atom is -0.493 e. The zero-order valence-electron chi connectivity index (χ0n) is 22.9. The van der Waals surface area contributed by atoms with E-state index in [-0.39, 0.29) is 26.9 Å². The largest absolute Gasteiger partial charge is 0.493 e. The van der Waals surface area contributed by atoms with Crippen molar-refractivity contribution in [1.82, 2.24) is 0 Å². The summed E-state index contributed by atoms with van der Waals surface area (Å²) in [5, 5.41) is 2.58. The number of carbonyl (C=O) groups excluding carboxylic acids is 1. The number of benzene rings is 4. The first kappa shape index (κ1) is 30.3. The van der Waals surface area contributed by atoms with Gasteiger partial charge in [-0.1, -0.05) is 18.2 Å². The van der Waals surface area contributed by atoms with E-state index in [2.05, 4.69) is 10.0 Å². The van der Waals surface area contributed by atoms with Gasteiger partial charge >= 0.3 is 0 Å². The van der Waals surface area contributed by atoms with Crippen LogP contribution < -0.4 is 23.8 Å². The summed E-state index contributed by atoms with van der Waals surface area (Å²) in [5.41, 5.74) is 1.47. The standard InChI is InChI=1S/C29H28FN3O7S2/c1-20-6-4-5-7-26(20)32-41(35,36)24-14-10-22(11-15-24)31-29(34)19-33(23-12-8-21(30)9-13-23)42(37,38)25-16-17-27(39-2)28(18-25)40-3/h4-18,32H,19H2,1-3H3,(H,31,34). The average Bonchev–Trinajstić information content (AvgIpc) is 2.97. The van der Waals surface area contributed by atoms with Crippen molar-refractivity contribution in [2.24, 2.45) is 0 Å². The molecule has 0 aliphatic rings. The Morgan fingerprint density at radius 1 is 0.810 bits per heavy atom. The van der Waals surface area contributed by atoms with E-state index in [4.69, 9.17) is 9.47 Å². The van der Waals surface area contributed by atoms with Crippen molar-refractivity contribution in [1.29, 1.82) is 0 Å². The van der Waals surface area contributed by atoms with Gasteiger partial charge in [-0.25, -0.2) is 21.2 Å². The number of rotatable bonds is 11. The highest BCUT2D eigenvalue weighted by atomic mass is 32.2. The molecule has 2 N–H and O–H groups in total. The Morgan fingerprint density at radius 3 is 2.05 bits per heavy atom. The molecular formula is C29H28FN3O7S2. The number of anilines is 3. The van der Waals surface area contributed by atoms with E-state index in [1.165, 1.54) is 68.8 Å². The van der Waals surface area contributed by atoms with E-state index >= 15 is 0 Å². The Labute approximate surface area is 243 Å². The molecule has 0 aromatic heterocycles. The summed E-state index contributed by atoms with van der Waals surface area (Å²) in [6, 6.07) is 20.9. The maximum Gasteiger partial charge on any atom is 0.264 e. The molecule has 0 heterocycles. The Balaban J connectivity index is 1.56. The molecule has 4 rings (SSSR count). The first-order valence-electron chi connectivity index (χ1n) is 12.4. The van der Waals surface area contributed by atoms with E-state index in [9.17, 15) is 26.0 Å². The van der Waals surface area contributed by atoms with Crippen LogP contribution in [0.2, 0.25) is 0 Å². The highest BCUT2D eigenvalue weighted by Crippen LogP contribution is 2.32. The Bertz CT molecular complexity index is 1800. The molecule has 0 aliphatic heterocycles. The fourth-order valence-electron chi connectivity index (χ4n) is 3.97. The monoisotopic (exact) mass is 613 g/mol. The number of nitrogens with one attached hydrogen (secondary N) is 2. The number of aryl methyl sites for hydroxylation is 1. The van der Waals surface area contributed by atoms with E-state index in [1.807, 2.05) is 0 Å². The molecule has 0 unspecified atom stereocenters. The lowest BCUT2D eigenvalue weighted by molar-refractivity contribution is -0.114. The van der Waals surface area contributed by atoms with Crippen LogP contribution in [0.5, 0.6) is 11.5 Å². The Kier molecular flexibility index (Phi) is 9.02. The molecule has 13 heteroatoms. The van der Waals surface area contributed by atoms with Crippen molar-refractivity contribution < 1.29 is 35.5 Å². The first-order valence-corrected chi connectivity index (χ1v) is 15.4. The molecular weight excluding hydrogens is 585 g/mol. The van der Waals surface area contributed by atoms with Crippen LogP contribution in [0.4, 0.5) is 21.5 Å². The molecule has 0 spiro atoms. The highest BCUT2D eigenvalue weighted by Gasteiger charge is 2.28. The smallest absolute Gasteiger partial charge is 0.264 e. The van der Waals surface area contributed by atoms with Gasteiger partial charge in [-0.15, -0.1) is 0 Å². The van der Waals surface area contributed by atoms with Crippen LogP contribution in [0.25, 0.3) is 0 Å². The predicted octanol–water partition coefficient (Wildman–Crippen LogP) is 4.79. The van der Waals surface area contributed by atoms with Crippen molar-refractivity contribution in [3.8, 4) is 11.5 Å². The number of methoxy groups -OCH3 is 2. The summed E-state index contributed by atoms with van der Waals surface area (Å²) in [6.07, 6.45) is 0. The van der Waals surface area contributed by atoms with Gasteiger partial charge in [-0.3, -0.25) is 13.8 Å². The molecule has 0 radical (unpaired) electrons. The SMILES string of the molecule is COc1ccc(S(=O)(=O)N(CC(=O)Nc2ccc(S(=O)(=O)Nc3ccccc3C)cc2)c2ccc(F)cc2)cc1OC. The van der Waals surface area contributed by atoms with Gasteiger partial charge < -0.3 is 14.8 Å². The normalized spacial score (nSPS) is 11.4. The number of halogens is 1. The molecule has 0 fully saturated rings. The van der Waals surface area contributed by atoms with Crippen LogP contribution in [0.15, 0.2) is 101 Å². The second kappa shape index (κ2) is 12.5. The number of sulfonamides is 2. The fourth-order valence-corrected chi connectivity index (χ4v) is 6.53. The molecule has 0 saturated heterocycles. The van der Waals surface area contributed by atoms with Crippen molar-refractivity contribution >= 4 is 43.0 Å². The molecule has 42 heavy (non-hydrogen) atoms. The maximum absolute atomic E-state index is 13.7. The maximum atomic E-state index is 13.7. The lowest BCUT2D eigenvalue weighted by Crippen LogP contribution is -2.38. The van der Waals surface area contributed by atoms with Crippen LogP contribution in [-0.2, 0) is 24.8 Å². The predicted molar refractivity (Wildman–Crippen MR) is 158 cm³/mol. The molecule has 1 amide bonds. The van der Waals surface area contributed by atoms with Gasteiger partial charge in [-0.05, 0) is 79.2 Å². The zero-order chi connectivity index (χ0) is 30.5. The van der Waals surface area contributed by atoms with Gasteiger partial charge in [-0.2, -0.15) is 0 Å². The second-order valence-electron chi connectivity index (χ2n) is 9.00. The third kappa shape index (κ3) is 6.81. The van der Waals surface area contributed by atoms with Crippen molar-refractivity contribution in [2.75, 3.05) is 35.1 Å². The van der Waals surface area contributed by atoms with Gasteiger partial charge in [0.25, 0.3) is 20.0 Å². The van der Waals surface area contributed by atoms with Crippen LogP contribution in [0, 0.1) is 12.7 Å². The average molecular weight is 614 g/mol. The summed E-state index contributed by atoms with van der Waals surface area (Å²) in [7, 11) is -5.48. The van der Waals surface area contributed by atoms with E-state index in [1.54, 1.807) is 31.2 Å². The molecule has 0 atom stereocenters. The van der Waals surface area contributed by atoms with Crippen LogP contribution in [0.3, 0.4) is 0 Å². The lowest BCUT2D eigenvalue weighted by atomic mass is 10.2. The zero-order valence-corrected chi connectivity index (χ0v) is 24.5. The van der Waals surface area contributed by atoms with Gasteiger partial charge in [0.05, 0.1) is 35.4 Å². The van der Waals surface area contributed by atoms with Gasteiger partial charge in [0.1, 0.15) is 12.4 Å². The van der Waals surface area contributed by atoms with Crippen LogP contribution in [0.1, 0.15) is 5.56 Å². The molecule has 10 nitrogen and oxygen atoms in total. The van der Waals surface area contributed by atoms with Gasteiger partial charge in [0.2, 0.25) is 5.91 Å². The minimum absolute atomic E-state index is 0.0345. The van der Waals surface area contributed by atoms with E-state index < -0.39 is 38.3 Å². The number of hydrogen-bond donors (Lipinski definition) is 2. The fraction of sp³-hybridized carbons (Fsp3) is 0.138. The van der Waals surface area contributed by atoms with Crippen molar-refractivity contribution in [2.45, 2.75) is 16.7 Å². The molecule has 4 aromatic rings. The van der Waals surface area contributed by atoms with Crippen molar-refractivity contribution in [3.63, 3.8) is 0 Å². The third-order valence-electron chi connectivity index (χ3n) is 6.18. The van der Waals surface area contributed by atoms with Crippen LogP contribution in [-0.4, -0.2) is 43.5 Å². The number of para-hydroxylation sites is 1. The molecule has 0 saturated carbocycles. The van der Waals surface area contributed by atoms with E-state index in [0.717, 1.165) is 22.0 Å². The van der Waals surface area contributed by atoms with Gasteiger partial charge in [0, 0.05) is 11.8 Å². The van der Waals surface area contributed by atoms with Crippen LogP contribution >= 0.6 is 0 Å². The van der Waals surface area contributed by atoms with Gasteiger partial charge in [0.15, 0.2) is 11.5 Å². The number of ether oxygens (including phenoxy) is 2. The lowest BCUT2D eigenvalue weighted by Gasteiger charge is -2.24. The number of nitrogens with zero attached hydrogens (tertiary/aromatic N) is 1. The number of amides is 1. The van der Waals surface area contributed by atoms with Crippen molar-refractivity contribution in [3.05, 3.63) is 102 Å².